The van der Waals surface area contributed by atoms with Gasteiger partial charge in [0.25, 0.3) is 5.69 Å². The molecule has 0 amide bonds. The molecule has 1 heterocycles. The molecule has 0 aliphatic carbocycles. The van der Waals surface area contributed by atoms with Crippen LogP contribution in [0.1, 0.15) is 12.5 Å². The molecule has 9 heteroatoms. The highest BCUT2D eigenvalue weighted by Crippen LogP contribution is 2.26. The number of benzene rings is 1. The van der Waals surface area contributed by atoms with Gasteiger partial charge in [0.1, 0.15) is 5.75 Å². The van der Waals surface area contributed by atoms with Gasteiger partial charge in [0, 0.05) is 11.6 Å². The Labute approximate surface area is 124 Å². The minimum absolute atomic E-state index is 0.00559. The van der Waals surface area contributed by atoms with Crippen molar-refractivity contribution < 1.29 is 14.4 Å². The second kappa shape index (κ2) is 6.31. The van der Waals surface area contributed by atoms with Crippen molar-refractivity contribution in [2.45, 2.75) is 13.8 Å². The van der Waals surface area contributed by atoms with Crippen LogP contribution in [0.25, 0.3) is 0 Å². The summed E-state index contributed by atoms with van der Waals surface area (Å²) in [5.41, 5.74) is 0.466. The normalized spacial score (nSPS) is 10.2. The second-order valence-electron chi connectivity index (χ2n) is 3.91. The summed E-state index contributed by atoms with van der Waals surface area (Å²) in [4.78, 5) is 21.8. The van der Waals surface area contributed by atoms with Crippen LogP contribution in [0, 0.1) is 17.0 Å². The van der Waals surface area contributed by atoms with Crippen molar-refractivity contribution in [3.05, 3.63) is 39.2 Å². The summed E-state index contributed by atoms with van der Waals surface area (Å²) in [6.45, 7) is 3.76. The van der Waals surface area contributed by atoms with E-state index in [0.717, 1.165) is 0 Å². The SMILES string of the molecule is CCOc1nc(Cl)nc(Oc2ccc([N+](=O)[O-])c(C)c2)n1. The van der Waals surface area contributed by atoms with Gasteiger partial charge in [0.15, 0.2) is 0 Å². The van der Waals surface area contributed by atoms with Gasteiger partial charge in [0.05, 0.1) is 11.5 Å². The van der Waals surface area contributed by atoms with Crippen molar-refractivity contribution in [1.29, 1.82) is 0 Å². The van der Waals surface area contributed by atoms with E-state index in [9.17, 15) is 10.1 Å². The molecule has 2 aromatic rings. The first-order valence-electron chi connectivity index (χ1n) is 5.97. The van der Waals surface area contributed by atoms with Crippen molar-refractivity contribution in [3.8, 4) is 17.8 Å². The van der Waals surface area contributed by atoms with E-state index in [1.54, 1.807) is 13.8 Å². The third-order valence-corrected chi connectivity index (χ3v) is 2.58. The molecule has 8 nitrogen and oxygen atoms in total. The Kier molecular flexibility index (Phi) is 4.49. The number of nitro benzene ring substituents is 1. The first-order chi connectivity index (χ1) is 9.99. The highest BCUT2D eigenvalue weighted by molar-refractivity contribution is 6.28. The van der Waals surface area contributed by atoms with Crippen LogP contribution in [-0.4, -0.2) is 26.5 Å². The van der Waals surface area contributed by atoms with E-state index in [-0.39, 0.29) is 23.0 Å². The van der Waals surface area contributed by atoms with Gasteiger partial charge in [-0.25, -0.2) is 0 Å². The van der Waals surface area contributed by atoms with Crippen LogP contribution in [0.15, 0.2) is 18.2 Å². The van der Waals surface area contributed by atoms with E-state index in [1.807, 2.05) is 0 Å². The molecule has 0 spiro atoms. The average molecular weight is 311 g/mol. The maximum atomic E-state index is 10.8. The fourth-order valence-electron chi connectivity index (χ4n) is 1.56. The van der Waals surface area contributed by atoms with Crippen LogP contribution in [0.3, 0.4) is 0 Å². The predicted octanol–water partition coefficient (Wildman–Crippen LogP) is 2.93. The lowest BCUT2D eigenvalue weighted by molar-refractivity contribution is -0.385. The maximum absolute atomic E-state index is 10.8. The molecule has 1 aromatic carbocycles. The topological polar surface area (TPSA) is 100 Å². The minimum Gasteiger partial charge on any atom is -0.464 e. The lowest BCUT2D eigenvalue weighted by Crippen LogP contribution is -2.01. The average Bonchev–Trinajstić information content (AvgIpc) is 2.37. The fourth-order valence-corrected chi connectivity index (χ4v) is 1.70. The molecule has 0 N–H and O–H groups in total. The zero-order chi connectivity index (χ0) is 15.4. The monoisotopic (exact) mass is 310 g/mol. The van der Waals surface area contributed by atoms with E-state index in [0.29, 0.717) is 17.9 Å². The quantitative estimate of drug-likeness (QED) is 0.618. The van der Waals surface area contributed by atoms with Gasteiger partial charge in [-0.1, -0.05) is 0 Å². The van der Waals surface area contributed by atoms with Crippen LogP contribution in [0.4, 0.5) is 5.69 Å². The van der Waals surface area contributed by atoms with Crippen LogP contribution in [-0.2, 0) is 0 Å². The molecule has 0 bridgehead atoms. The lowest BCUT2D eigenvalue weighted by Gasteiger charge is -2.06. The molecule has 0 saturated carbocycles. The Morgan fingerprint density at radius 1 is 1.29 bits per heavy atom. The van der Waals surface area contributed by atoms with Gasteiger partial charge in [-0.15, -0.1) is 4.98 Å². The molecule has 0 aliphatic rings. The molecule has 0 aliphatic heterocycles. The standard InChI is InChI=1S/C12H11ClN4O4/c1-3-20-11-14-10(13)15-12(16-11)21-8-4-5-9(17(18)19)7(2)6-8/h4-6H,3H2,1-2H3. The number of halogens is 1. The van der Waals surface area contributed by atoms with Crippen LogP contribution >= 0.6 is 11.6 Å². The zero-order valence-corrected chi connectivity index (χ0v) is 12.0. The number of hydrogen-bond donors (Lipinski definition) is 0. The molecule has 0 atom stereocenters. The first-order valence-corrected chi connectivity index (χ1v) is 6.34. The first kappa shape index (κ1) is 14.9. The second-order valence-corrected chi connectivity index (χ2v) is 4.25. The molecule has 110 valence electrons. The van der Waals surface area contributed by atoms with E-state index < -0.39 is 4.92 Å². The molecule has 0 saturated heterocycles. The summed E-state index contributed by atoms with van der Waals surface area (Å²) >= 11 is 5.74. The molecule has 1 aromatic heterocycles. The van der Waals surface area contributed by atoms with Gasteiger partial charge >= 0.3 is 12.0 Å². The summed E-state index contributed by atoms with van der Waals surface area (Å²) in [6.07, 6.45) is 0. The Balaban J connectivity index is 2.25. The molecular weight excluding hydrogens is 300 g/mol. The molecule has 0 fully saturated rings. The van der Waals surface area contributed by atoms with Gasteiger partial charge in [-0.2, -0.15) is 9.97 Å². The third-order valence-electron chi connectivity index (χ3n) is 2.41. The summed E-state index contributed by atoms with van der Waals surface area (Å²) in [7, 11) is 0. The molecular formula is C12H11ClN4O4. The van der Waals surface area contributed by atoms with E-state index in [2.05, 4.69) is 15.0 Å². The molecule has 2 rings (SSSR count). The van der Waals surface area contributed by atoms with Gasteiger partial charge in [0.2, 0.25) is 5.28 Å². The smallest absolute Gasteiger partial charge is 0.329 e. The van der Waals surface area contributed by atoms with Crippen LogP contribution in [0.5, 0.6) is 17.8 Å². The van der Waals surface area contributed by atoms with E-state index >= 15 is 0 Å². The van der Waals surface area contributed by atoms with E-state index in [4.69, 9.17) is 21.1 Å². The predicted molar refractivity (Wildman–Crippen MR) is 73.9 cm³/mol. The Morgan fingerprint density at radius 3 is 2.62 bits per heavy atom. The van der Waals surface area contributed by atoms with Crippen LogP contribution in [0.2, 0.25) is 5.28 Å². The highest BCUT2D eigenvalue weighted by Gasteiger charge is 2.13. The van der Waals surface area contributed by atoms with Crippen molar-refractivity contribution >= 4 is 17.3 Å². The highest BCUT2D eigenvalue weighted by atomic mass is 35.5. The summed E-state index contributed by atoms with van der Waals surface area (Å²) in [6, 6.07) is 4.30. The number of aromatic nitrogens is 3. The summed E-state index contributed by atoms with van der Waals surface area (Å²) < 4.78 is 10.5. The number of hydrogen-bond acceptors (Lipinski definition) is 7. The van der Waals surface area contributed by atoms with Gasteiger partial charge in [-0.3, -0.25) is 10.1 Å². The Bertz CT molecular complexity index is 680. The third kappa shape index (κ3) is 3.76. The van der Waals surface area contributed by atoms with E-state index in [1.165, 1.54) is 18.2 Å². The van der Waals surface area contributed by atoms with Gasteiger partial charge < -0.3 is 9.47 Å². The van der Waals surface area contributed by atoms with Gasteiger partial charge in [-0.05, 0) is 37.6 Å². The Hall–Kier alpha value is -2.48. The summed E-state index contributed by atoms with van der Waals surface area (Å²) in [5, 5.41) is 10.7. The van der Waals surface area contributed by atoms with Crippen molar-refractivity contribution in [2.24, 2.45) is 0 Å². The fraction of sp³-hybridized carbons (Fsp3) is 0.250. The van der Waals surface area contributed by atoms with Crippen molar-refractivity contribution in [1.82, 2.24) is 15.0 Å². The largest absolute Gasteiger partial charge is 0.464 e. The number of rotatable bonds is 5. The lowest BCUT2D eigenvalue weighted by atomic mass is 10.2. The molecule has 0 unspecified atom stereocenters. The summed E-state index contributed by atoms with van der Waals surface area (Å²) in [5.74, 6) is 0.350. The Morgan fingerprint density at radius 2 is 2.00 bits per heavy atom. The number of nitrogens with zero attached hydrogens (tertiary/aromatic N) is 4. The van der Waals surface area contributed by atoms with Crippen LogP contribution < -0.4 is 9.47 Å². The zero-order valence-electron chi connectivity index (χ0n) is 11.2. The molecule has 0 radical (unpaired) electrons. The molecule has 21 heavy (non-hydrogen) atoms. The number of nitro groups is 1. The number of ether oxygens (including phenoxy) is 2. The van der Waals surface area contributed by atoms with Crippen molar-refractivity contribution in [3.63, 3.8) is 0 Å². The minimum atomic E-state index is -0.466. The van der Waals surface area contributed by atoms with Crippen molar-refractivity contribution in [2.75, 3.05) is 6.61 Å². The number of aryl methyl sites for hydroxylation is 1. The maximum Gasteiger partial charge on any atom is 0.329 e.